The first-order chi connectivity index (χ1) is 13.2. The molecule has 0 aromatic carbocycles. The van der Waals surface area contributed by atoms with Gasteiger partial charge in [0.2, 0.25) is 0 Å². The van der Waals surface area contributed by atoms with E-state index in [-0.39, 0.29) is 16.9 Å². The highest BCUT2D eigenvalue weighted by Crippen LogP contribution is 2.34. The van der Waals surface area contributed by atoms with Crippen LogP contribution in [0.5, 0.6) is 0 Å². The smallest absolute Gasteiger partial charge is 0.146 e. The van der Waals surface area contributed by atoms with E-state index in [1.165, 1.54) is 0 Å². The van der Waals surface area contributed by atoms with Crippen molar-refractivity contribution in [2.45, 2.75) is 97.6 Å². The van der Waals surface area contributed by atoms with E-state index >= 15 is 0 Å². The van der Waals surface area contributed by atoms with Gasteiger partial charge in [0.1, 0.15) is 11.6 Å². The zero-order valence-corrected chi connectivity index (χ0v) is 19.3. The van der Waals surface area contributed by atoms with E-state index in [1.807, 2.05) is 32.4 Å². The van der Waals surface area contributed by atoms with E-state index < -0.39 is 5.54 Å². The quantitative estimate of drug-likeness (QED) is 0.684. The highest BCUT2D eigenvalue weighted by Gasteiger charge is 2.35. The van der Waals surface area contributed by atoms with Crippen LogP contribution in [0.15, 0.2) is 12.1 Å². The maximum Gasteiger partial charge on any atom is 0.146 e. The summed E-state index contributed by atoms with van der Waals surface area (Å²) in [6.45, 7) is 18.5. The van der Waals surface area contributed by atoms with Crippen LogP contribution in [0.4, 0.5) is 0 Å². The molecule has 0 amide bonds. The Kier molecular flexibility index (Phi) is 6.00. The molecule has 2 heterocycles. The van der Waals surface area contributed by atoms with Gasteiger partial charge in [-0.1, -0.05) is 34.6 Å². The summed E-state index contributed by atoms with van der Waals surface area (Å²) in [6, 6.07) is 8.57. The van der Waals surface area contributed by atoms with Crippen LogP contribution >= 0.6 is 0 Å². The highest BCUT2D eigenvalue weighted by molar-refractivity contribution is 5.22. The second-order valence-electron chi connectivity index (χ2n) is 10.0. The number of hydrogen-bond donors (Lipinski definition) is 0. The molecule has 156 valence electrons. The molecule has 2 atom stereocenters. The van der Waals surface area contributed by atoms with E-state index in [0.29, 0.717) is 6.42 Å². The van der Waals surface area contributed by atoms with Gasteiger partial charge in [-0.05, 0) is 52.7 Å². The van der Waals surface area contributed by atoms with Crippen molar-refractivity contribution in [3.8, 4) is 12.1 Å². The summed E-state index contributed by atoms with van der Waals surface area (Å²) >= 11 is 0. The molecule has 0 saturated carbocycles. The molecule has 29 heavy (non-hydrogen) atoms. The molecule has 0 saturated heterocycles. The van der Waals surface area contributed by atoms with Crippen molar-refractivity contribution in [2.24, 2.45) is 0 Å². The minimum Gasteiger partial charge on any atom is -0.253 e. The van der Waals surface area contributed by atoms with Crippen LogP contribution in [-0.2, 0) is 16.4 Å². The van der Waals surface area contributed by atoms with Crippen molar-refractivity contribution in [1.29, 1.82) is 10.5 Å². The fourth-order valence-electron chi connectivity index (χ4n) is 3.50. The molecule has 2 rings (SSSR count). The van der Waals surface area contributed by atoms with E-state index in [2.05, 4.69) is 58.9 Å². The molecule has 0 aliphatic rings. The lowest BCUT2D eigenvalue weighted by molar-refractivity contribution is 0.294. The molecule has 0 bridgehead atoms. The fourth-order valence-corrected chi connectivity index (χ4v) is 3.50. The number of aromatic nitrogens is 4. The molecule has 2 aromatic heterocycles. The average molecular weight is 395 g/mol. The maximum atomic E-state index is 10.0. The lowest BCUT2D eigenvalue weighted by atomic mass is 9.80. The Bertz CT molecular complexity index is 957. The van der Waals surface area contributed by atoms with Crippen molar-refractivity contribution >= 4 is 0 Å². The monoisotopic (exact) mass is 394 g/mol. The van der Waals surface area contributed by atoms with Crippen molar-refractivity contribution < 1.29 is 0 Å². The molecule has 0 aliphatic carbocycles. The Morgan fingerprint density at radius 2 is 1.52 bits per heavy atom. The van der Waals surface area contributed by atoms with Crippen molar-refractivity contribution in [3.63, 3.8) is 0 Å². The van der Waals surface area contributed by atoms with Crippen LogP contribution < -0.4 is 0 Å². The van der Waals surface area contributed by atoms with Crippen LogP contribution in [0.2, 0.25) is 0 Å². The third-order valence-electron chi connectivity index (χ3n) is 5.77. The van der Waals surface area contributed by atoms with Gasteiger partial charge in [-0.3, -0.25) is 4.68 Å². The predicted molar refractivity (Wildman–Crippen MR) is 114 cm³/mol. The second-order valence-corrected chi connectivity index (χ2v) is 10.0. The first kappa shape index (κ1) is 22.7. The number of hydrogen-bond acceptors (Lipinski definition) is 4. The van der Waals surface area contributed by atoms with Crippen molar-refractivity contribution in [1.82, 2.24) is 19.6 Å². The minimum absolute atomic E-state index is 0.0621. The zero-order chi connectivity index (χ0) is 22.2. The van der Waals surface area contributed by atoms with E-state index in [1.54, 1.807) is 4.68 Å². The van der Waals surface area contributed by atoms with Gasteiger partial charge in [-0.25, -0.2) is 4.68 Å². The Balaban J connectivity index is 2.29. The van der Waals surface area contributed by atoms with Crippen molar-refractivity contribution in [2.75, 3.05) is 0 Å². The van der Waals surface area contributed by atoms with Gasteiger partial charge in [-0.2, -0.15) is 20.7 Å². The lowest BCUT2D eigenvalue weighted by Gasteiger charge is -2.29. The summed E-state index contributed by atoms with van der Waals surface area (Å²) < 4.78 is 3.65. The predicted octanol–water partition coefficient (Wildman–Crippen LogP) is 5.08. The molecule has 2 aromatic rings. The largest absolute Gasteiger partial charge is 0.253 e. The molecule has 0 aliphatic heterocycles. The molecule has 0 radical (unpaired) electrons. The number of aryl methyl sites for hydroxylation is 2. The van der Waals surface area contributed by atoms with Gasteiger partial charge < -0.3 is 0 Å². The third-order valence-corrected chi connectivity index (χ3v) is 5.77. The van der Waals surface area contributed by atoms with Gasteiger partial charge in [-0.15, -0.1) is 0 Å². The number of nitriles is 2. The molecule has 6 nitrogen and oxygen atoms in total. The molecule has 0 N–H and O–H groups in total. The van der Waals surface area contributed by atoms with Crippen LogP contribution in [0.3, 0.4) is 0 Å². The summed E-state index contributed by atoms with van der Waals surface area (Å²) in [5, 5.41) is 28.7. The normalized spacial score (nSPS) is 15.4. The summed E-state index contributed by atoms with van der Waals surface area (Å²) in [6.07, 6.45) is 1.43. The Labute approximate surface area is 175 Å². The first-order valence-corrected chi connectivity index (χ1v) is 10.2. The highest BCUT2D eigenvalue weighted by atomic mass is 15.3. The van der Waals surface area contributed by atoms with Gasteiger partial charge >= 0.3 is 0 Å². The average Bonchev–Trinajstić information content (AvgIpc) is 3.23. The third kappa shape index (κ3) is 4.53. The lowest BCUT2D eigenvalue weighted by Crippen LogP contribution is -2.33. The van der Waals surface area contributed by atoms with Gasteiger partial charge in [0.15, 0.2) is 0 Å². The minimum atomic E-state index is -0.734. The maximum absolute atomic E-state index is 10.0. The van der Waals surface area contributed by atoms with Gasteiger partial charge in [0.05, 0.1) is 23.5 Å². The van der Waals surface area contributed by atoms with E-state index in [4.69, 9.17) is 10.2 Å². The van der Waals surface area contributed by atoms with Crippen molar-refractivity contribution in [3.05, 3.63) is 34.9 Å². The number of rotatable bonds is 6. The summed E-state index contributed by atoms with van der Waals surface area (Å²) in [5.41, 5.74) is 2.90. The molecule has 6 heteroatoms. The Morgan fingerprint density at radius 1 is 0.931 bits per heavy atom. The molecular weight excluding hydrogens is 360 g/mol. The van der Waals surface area contributed by atoms with Crippen LogP contribution in [0.1, 0.15) is 90.1 Å². The summed E-state index contributed by atoms with van der Waals surface area (Å²) in [7, 11) is 0. The molecule has 0 spiro atoms. The summed E-state index contributed by atoms with van der Waals surface area (Å²) in [4.78, 5) is 0. The molecule has 1 unspecified atom stereocenters. The Morgan fingerprint density at radius 3 is 2.00 bits per heavy atom. The van der Waals surface area contributed by atoms with Gasteiger partial charge in [0.25, 0.3) is 0 Å². The topological polar surface area (TPSA) is 83.2 Å². The standard InChI is InChI=1S/C23H34N6/c1-16-12-20(26-28(16)18(3)14-24)22(7,8)10-11-23(9,15-25)29-17(2)13-19(27-29)21(4,5)6/h12-13,18H,10-11H2,1-9H3/t18-,23?/m1/s1. The molecular formula is C23H34N6. The van der Waals surface area contributed by atoms with Gasteiger partial charge in [0, 0.05) is 22.2 Å². The van der Waals surface area contributed by atoms with E-state index in [0.717, 1.165) is 29.2 Å². The zero-order valence-electron chi connectivity index (χ0n) is 19.3. The Hall–Kier alpha value is -2.60. The summed E-state index contributed by atoms with van der Waals surface area (Å²) in [5.74, 6) is 0. The van der Waals surface area contributed by atoms with Crippen LogP contribution in [0, 0.1) is 36.5 Å². The number of nitrogens with zero attached hydrogens (tertiary/aromatic N) is 6. The van der Waals surface area contributed by atoms with E-state index in [9.17, 15) is 10.5 Å². The fraction of sp³-hybridized carbons (Fsp3) is 0.652. The van der Waals surface area contributed by atoms with Crippen LogP contribution in [-0.4, -0.2) is 19.6 Å². The first-order valence-electron chi connectivity index (χ1n) is 10.2. The SMILES string of the molecule is Cc1cc(C(C)(C)CCC(C)(C#N)n2nc(C(C)(C)C)cc2C)nn1[C@H](C)C#N. The molecule has 0 fully saturated rings. The second kappa shape index (κ2) is 7.67. The van der Waals surface area contributed by atoms with Crippen LogP contribution in [0.25, 0.3) is 0 Å².